The van der Waals surface area contributed by atoms with Crippen molar-refractivity contribution in [1.29, 1.82) is 5.26 Å². The van der Waals surface area contributed by atoms with Crippen LogP contribution in [0.15, 0.2) is 41.3 Å². The van der Waals surface area contributed by atoms with E-state index in [4.69, 9.17) is 21.6 Å². The number of aryl methyl sites for hydroxylation is 2. The fourth-order valence-electron chi connectivity index (χ4n) is 2.32. The van der Waals surface area contributed by atoms with Crippen LogP contribution in [0.5, 0.6) is 5.75 Å². The number of nitrogens with zero attached hydrogens (tertiary/aromatic N) is 1. The van der Waals surface area contributed by atoms with Gasteiger partial charge >= 0.3 is 0 Å². The maximum Gasteiger partial charge on any atom is 0.275 e. The number of nitriles is 1. The zero-order valence-electron chi connectivity index (χ0n) is 14.9. The Bertz CT molecular complexity index is 993. The number of sulfonamides is 1. The van der Waals surface area contributed by atoms with Crippen molar-refractivity contribution in [3.05, 3.63) is 58.1 Å². The Balaban J connectivity index is 2.05. The number of nitrogens with one attached hydrogen (secondary N) is 2. The molecule has 0 saturated carbocycles. The number of halogens is 1. The standard InChI is InChI=1S/C18H18ClN3O4S/c1-11-7-15(19)8-12(2)17(11)26-13(3)18(23)21-22-27(24,25)16-6-4-5-14(9-16)10-20/h4-9,13,22H,1-3H3,(H,21,23)/t13-/m1/s1. The summed E-state index contributed by atoms with van der Waals surface area (Å²) in [6.07, 6.45) is -0.961. The monoisotopic (exact) mass is 407 g/mol. The van der Waals surface area contributed by atoms with Crippen LogP contribution in [0.2, 0.25) is 5.02 Å². The number of hydrogen-bond donors (Lipinski definition) is 2. The average molecular weight is 408 g/mol. The van der Waals surface area contributed by atoms with E-state index < -0.39 is 22.0 Å². The van der Waals surface area contributed by atoms with Crippen molar-refractivity contribution in [2.75, 3.05) is 0 Å². The summed E-state index contributed by atoms with van der Waals surface area (Å²) in [5.74, 6) is -0.171. The number of rotatable bonds is 6. The van der Waals surface area contributed by atoms with E-state index in [0.717, 1.165) is 11.1 Å². The van der Waals surface area contributed by atoms with Crippen molar-refractivity contribution < 1.29 is 17.9 Å². The molecule has 2 N–H and O–H groups in total. The second kappa shape index (κ2) is 8.39. The first-order valence-corrected chi connectivity index (χ1v) is 9.75. The van der Waals surface area contributed by atoms with Gasteiger partial charge < -0.3 is 4.74 Å². The summed E-state index contributed by atoms with van der Waals surface area (Å²) in [5.41, 5.74) is 3.82. The summed E-state index contributed by atoms with van der Waals surface area (Å²) in [4.78, 5) is 14.1. The molecule has 2 aromatic carbocycles. The number of amides is 1. The van der Waals surface area contributed by atoms with Gasteiger partial charge in [0.25, 0.3) is 15.9 Å². The highest BCUT2D eigenvalue weighted by Gasteiger charge is 2.21. The Morgan fingerprint density at radius 3 is 2.44 bits per heavy atom. The van der Waals surface area contributed by atoms with Crippen molar-refractivity contribution in [1.82, 2.24) is 10.3 Å². The largest absolute Gasteiger partial charge is 0.480 e. The molecule has 0 bridgehead atoms. The van der Waals surface area contributed by atoms with Crippen molar-refractivity contribution in [2.24, 2.45) is 0 Å². The molecule has 1 amide bonds. The fraction of sp³-hybridized carbons (Fsp3) is 0.222. The summed E-state index contributed by atoms with van der Waals surface area (Å²) in [5, 5.41) is 9.42. The Kier molecular flexibility index (Phi) is 6.44. The van der Waals surface area contributed by atoms with Crippen LogP contribution in [0, 0.1) is 25.2 Å². The lowest BCUT2D eigenvalue weighted by atomic mass is 10.1. The lowest BCUT2D eigenvalue weighted by Gasteiger charge is -2.18. The van der Waals surface area contributed by atoms with E-state index in [1.54, 1.807) is 26.0 Å². The molecule has 0 saturated heterocycles. The van der Waals surface area contributed by atoms with Crippen LogP contribution in [0.25, 0.3) is 0 Å². The van der Waals surface area contributed by atoms with E-state index in [0.29, 0.717) is 10.8 Å². The molecule has 2 rings (SSSR count). The fourth-order valence-corrected chi connectivity index (χ4v) is 3.54. The third-order valence-electron chi connectivity index (χ3n) is 3.67. The highest BCUT2D eigenvalue weighted by Crippen LogP contribution is 2.27. The Morgan fingerprint density at radius 1 is 1.22 bits per heavy atom. The average Bonchev–Trinajstić information content (AvgIpc) is 2.62. The molecule has 0 aliphatic rings. The second-order valence-corrected chi connectivity index (χ2v) is 7.98. The van der Waals surface area contributed by atoms with Gasteiger partial charge in [-0.15, -0.1) is 4.83 Å². The molecule has 0 heterocycles. The predicted molar refractivity (Wildman–Crippen MR) is 101 cm³/mol. The minimum Gasteiger partial charge on any atom is -0.480 e. The second-order valence-electron chi connectivity index (χ2n) is 5.86. The molecule has 0 spiro atoms. The maximum absolute atomic E-state index is 12.2. The lowest BCUT2D eigenvalue weighted by Crippen LogP contribution is -2.47. The van der Waals surface area contributed by atoms with E-state index in [1.807, 2.05) is 10.9 Å². The molecule has 142 valence electrons. The van der Waals surface area contributed by atoms with Gasteiger partial charge in [0.1, 0.15) is 5.75 Å². The molecule has 0 radical (unpaired) electrons. The highest BCUT2D eigenvalue weighted by atomic mass is 35.5. The molecule has 7 nitrogen and oxygen atoms in total. The molecule has 2 aromatic rings. The zero-order chi connectivity index (χ0) is 20.2. The summed E-state index contributed by atoms with van der Waals surface area (Å²) >= 11 is 5.97. The van der Waals surface area contributed by atoms with Gasteiger partial charge in [-0.3, -0.25) is 10.2 Å². The minimum absolute atomic E-state index is 0.139. The zero-order valence-corrected chi connectivity index (χ0v) is 16.5. The summed E-state index contributed by atoms with van der Waals surface area (Å²) in [7, 11) is -4.02. The van der Waals surface area contributed by atoms with Crippen LogP contribution in [0.4, 0.5) is 0 Å². The summed E-state index contributed by atoms with van der Waals surface area (Å²) < 4.78 is 30.1. The SMILES string of the molecule is Cc1cc(Cl)cc(C)c1O[C@H](C)C(=O)NNS(=O)(=O)c1cccc(C#N)c1. The van der Waals surface area contributed by atoms with Gasteiger partial charge in [0.2, 0.25) is 0 Å². The molecule has 1 atom stereocenters. The molecular weight excluding hydrogens is 390 g/mol. The molecule has 0 aliphatic heterocycles. The number of ether oxygens (including phenoxy) is 1. The van der Waals surface area contributed by atoms with Gasteiger partial charge in [0.05, 0.1) is 16.5 Å². The maximum atomic E-state index is 12.2. The molecule has 0 fully saturated rings. The number of hydrogen-bond acceptors (Lipinski definition) is 5. The van der Waals surface area contributed by atoms with E-state index in [-0.39, 0.29) is 10.5 Å². The van der Waals surface area contributed by atoms with Gasteiger partial charge in [0.15, 0.2) is 6.10 Å². The Hall–Kier alpha value is -2.60. The van der Waals surface area contributed by atoms with E-state index in [2.05, 4.69) is 5.43 Å². The minimum atomic E-state index is -4.02. The van der Waals surface area contributed by atoms with E-state index in [1.165, 1.54) is 31.2 Å². The van der Waals surface area contributed by atoms with Gasteiger partial charge in [-0.1, -0.05) is 17.7 Å². The smallest absolute Gasteiger partial charge is 0.275 e. The van der Waals surface area contributed by atoms with E-state index >= 15 is 0 Å². The lowest BCUT2D eigenvalue weighted by molar-refractivity contribution is -0.127. The van der Waals surface area contributed by atoms with Crippen molar-refractivity contribution >= 4 is 27.5 Å². The van der Waals surface area contributed by atoms with Crippen LogP contribution in [-0.4, -0.2) is 20.4 Å². The number of hydrazine groups is 1. The molecule has 9 heteroatoms. The topological polar surface area (TPSA) is 108 Å². The van der Waals surface area contributed by atoms with Crippen LogP contribution in [-0.2, 0) is 14.8 Å². The van der Waals surface area contributed by atoms with E-state index in [9.17, 15) is 13.2 Å². The molecule has 0 aliphatic carbocycles. The first-order chi connectivity index (χ1) is 12.6. The van der Waals surface area contributed by atoms with Crippen LogP contribution >= 0.6 is 11.6 Å². The van der Waals surface area contributed by atoms with Gasteiger partial charge in [-0.2, -0.15) is 5.26 Å². The van der Waals surface area contributed by atoms with Crippen LogP contribution < -0.4 is 15.0 Å². The Morgan fingerprint density at radius 2 is 1.85 bits per heavy atom. The Labute approximate surface area is 162 Å². The third-order valence-corrected chi connectivity index (χ3v) is 5.13. The molecule has 27 heavy (non-hydrogen) atoms. The number of carbonyl (C=O) groups excluding carboxylic acids is 1. The van der Waals surface area contributed by atoms with Crippen LogP contribution in [0.1, 0.15) is 23.6 Å². The molecule has 0 unspecified atom stereocenters. The first kappa shape index (κ1) is 20.7. The highest BCUT2D eigenvalue weighted by molar-refractivity contribution is 7.89. The van der Waals surface area contributed by atoms with Gasteiger partial charge in [-0.25, -0.2) is 8.42 Å². The number of benzene rings is 2. The molecular formula is C18H18ClN3O4S. The van der Waals surface area contributed by atoms with Crippen molar-refractivity contribution in [2.45, 2.75) is 31.8 Å². The molecule has 0 aromatic heterocycles. The van der Waals surface area contributed by atoms with Crippen molar-refractivity contribution in [3.63, 3.8) is 0 Å². The third kappa shape index (κ3) is 5.20. The summed E-state index contributed by atoms with van der Waals surface area (Å²) in [6.45, 7) is 5.08. The van der Waals surface area contributed by atoms with Gasteiger partial charge in [-0.05, 0) is 62.2 Å². The quantitative estimate of drug-likeness (QED) is 0.715. The first-order valence-electron chi connectivity index (χ1n) is 7.89. The predicted octanol–water partition coefficient (Wildman–Crippen LogP) is 2.61. The van der Waals surface area contributed by atoms with Crippen LogP contribution in [0.3, 0.4) is 0 Å². The summed E-state index contributed by atoms with van der Waals surface area (Å²) in [6, 6.07) is 10.7. The normalized spacial score (nSPS) is 12.1. The number of carbonyl (C=O) groups is 1. The van der Waals surface area contributed by atoms with Crippen molar-refractivity contribution in [3.8, 4) is 11.8 Å². The van der Waals surface area contributed by atoms with Gasteiger partial charge in [0, 0.05) is 5.02 Å².